The summed E-state index contributed by atoms with van der Waals surface area (Å²) in [6.45, 7) is 1.47. The average molecular weight is 311 g/mol. The molecule has 0 fully saturated rings. The number of methoxy groups -OCH3 is 1. The van der Waals surface area contributed by atoms with E-state index in [0.29, 0.717) is 5.88 Å². The Hall–Kier alpha value is -2.35. The fraction of sp³-hybridized carbons (Fsp3) is 0.154. The molecule has 0 saturated carbocycles. The van der Waals surface area contributed by atoms with E-state index in [1.54, 1.807) is 0 Å². The van der Waals surface area contributed by atoms with Crippen molar-refractivity contribution in [1.29, 1.82) is 0 Å². The maximum atomic E-state index is 13.6. The van der Waals surface area contributed by atoms with Crippen LogP contribution in [0.1, 0.15) is 5.56 Å². The predicted octanol–water partition coefficient (Wildman–Crippen LogP) is 1.92. The summed E-state index contributed by atoms with van der Waals surface area (Å²) in [5.74, 6) is -0.327. The number of pyridine rings is 1. The normalized spacial score (nSPS) is 11.2. The molecule has 21 heavy (non-hydrogen) atoms. The average Bonchev–Trinajstić information content (AvgIpc) is 2.44. The zero-order valence-corrected chi connectivity index (χ0v) is 12.2. The maximum absolute atomic E-state index is 13.6. The molecule has 1 aromatic carbocycles. The number of hydrogen-bond acceptors (Lipinski definition) is 5. The molecule has 0 spiro atoms. The predicted molar refractivity (Wildman–Crippen MR) is 77.1 cm³/mol. The summed E-state index contributed by atoms with van der Waals surface area (Å²) in [5.41, 5.74) is 6.10. The van der Waals surface area contributed by atoms with Crippen molar-refractivity contribution in [2.75, 3.05) is 17.6 Å². The van der Waals surface area contributed by atoms with Crippen molar-refractivity contribution in [2.24, 2.45) is 0 Å². The van der Waals surface area contributed by atoms with Crippen LogP contribution in [0.15, 0.2) is 35.4 Å². The lowest BCUT2D eigenvalue weighted by Crippen LogP contribution is -2.14. The topological polar surface area (TPSA) is 94.3 Å². The molecule has 2 rings (SSSR count). The fourth-order valence-corrected chi connectivity index (χ4v) is 2.69. The first-order valence-electron chi connectivity index (χ1n) is 5.92. The van der Waals surface area contributed by atoms with Gasteiger partial charge in [-0.15, -0.1) is 0 Å². The van der Waals surface area contributed by atoms with Gasteiger partial charge in [-0.3, -0.25) is 4.72 Å². The molecule has 1 heterocycles. The number of sulfonamides is 1. The molecule has 0 aliphatic carbocycles. The van der Waals surface area contributed by atoms with Crippen LogP contribution in [-0.2, 0) is 10.0 Å². The summed E-state index contributed by atoms with van der Waals surface area (Å²) in [4.78, 5) is 3.63. The number of nitrogens with one attached hydrogen (secondary N) is 1. The summed E-state index contributed by atoms with van der Waals surface area (Å²) in [5, 5.41) is 0. The van der Waals surface area contributed by atoms with Crippen molar-refractivity contribution in [3.8, 4) is 5.88 Å². The van der Waals surface area contributed by atoms with Gasteiger partial charge in [-0.1, -0.05) is 0 Å². The highest BCUT2D eigenvalue weighted by Gasteiger charge is 2.17. The lowest BCUT2D eigenvalue weighted by Gasteiger charge is -2.10. The molecule has 0 saturated heterocycles. The van der Waals surface area contributed by atoms with Crippen molar-refractivity contribution in [2.45, 2.75) is 11.8 Å². The molecule has 0 aliphatic rings. The van der Waals surface area contributed by atoms with Gasteiger partial charge in [-0.25, -0.2) is 17.8 Å². The fourth-order valence-electron chi connectivity index (χ4n) is 1.60. The molecule has 2 aromatic rings. The monoisotopic (exact) mass is 311 g/mol. The number of aromatic nitrogens is 1. The summed E-state index contributed by atoms with van der Waals surface area (Å²) >= 11 is 0. The summed E-state index contributed by atoms with van der Waals surface area (Å²) in [6.07, 6.45) is 1.30. The smallest absolute Gasteiger partial charge is 0.262 e. The summed E-state index contributed by atoms with van der Waals surface area (Å²) < 4.78 is 45.1. The minimum atomic E-state index is -3.95. The molecule has 0 bridgehead atoms. The first-order chi connectivity index (χ1) is 9.83. The summed E-state index contributed by atoms with van der Waals surface area (Å²) in [6, 6.07) is 5.11. The zero-order chi connectivity index (χ0) is 15.6. The van der Waals surface area contributed by atoms with Crippen LogP contribution >= 0.6 is 0 Å². The highest BCUT2D eigenvalue weighted by Crippen LogP contribution is 2.23. The molecule has 3 N–H and O–H groups in total. The quantitative estimate of drug-likeness (QED) is 0.841. The van der Waals surface area contributed by atoms with Crippen LogP contribution in [0.5, 0.6) is 5.88 Å². The highest BCUT2D eigenvalue weighted by molar-refractivity contribution is 7.92. The number of ether oxygens (including phenoxy) is 1. The van der Waals surface area contributed by atoms with Crippen molar-refractivity contribution in [3.05, 3.63) is 41.8 Å². The lowest BCUT2D eigenvalue weighted by atomic mass is 10.2. The molecule has 1 aromatic heterocycles. The van der Waals surface area contributed by atoms with E-state index < -0.39 is 15.8 Å². The lowest BCUT2D eigenvalue weighted by molar-refractivity contribution is 0.398. The Morgan fingerprint density at radius 2 is 2.05 bits per heavy atom. The molecular formula is C13H14FN3O3S. The van der Waals surface area contributed by atoms with E-state index in [-0.39, 0.29) is 21.8 Å². The van der Waals surface area contributed by atoms with Crippen LogP contribution < -0.4 is 15.2 Å². The van der Waals surface area contributed by atoms with Crippen molar-refractivity contribution in [3.63, 3.8) is 0 Å². The van der Waals surface area contributed by atoms with Gasteiger partial charge in [0.1, 0.15) is 5.82 Å². The van der Waals surface area contributed by atoms with Gasteiger partial charge in [-0.2, -0.15) is 0 Å². The third kappa shape index (κ3) is 3.22. The van der Waals surface area contributed by atoms with Gasteiger partial charge < -0.3 is 10.5 Å². The Balaban J connectivity index is 2.33. The Morgan fingerprint density at radius 1 is 1.33 bits per heavy atom. The Bertz CT molecular complexity index is 738. The second-order valence-electron chi connectivity index (χ2n) is 4.31. The molecular weight excluding hydrogens is 297 g/mol. The van der Waals surface area contributed by atoms with Gasteiger partial charge in [0.05, 0.1) is 23.9 Å². The third-order valence-electron chi connectivity index (χ3n) is 2.87. The molecule has 0 amide bonds. The molecule has 0 aliphatic heterocycles. The van der Waals surface area contributed by atoms with Crippen molar-refractivity contribution < 1.29 is 17.5 Å². The number of halogens is 1. The Kier molecular flexibility index (Phi) is 3.99. The van der Waals surface area contributed by atoms with Crippen LogP contribution in [0.4, 0.5) is 15.8 Å². The number of benzene rings is 1. The van der Waals surface area contributed by atoms with Crippen molar-refractivity contribution >= 4 is 21.4 Å². The first-order valence-corrected chi connectivity index (χ1v) is 7.40. The molecule has 8 heteroatoms. The van der Waals surface area contributed by atoms with Crippen LogP contribution in [0, 0.1) is 12.7 Å². The molecule has 0 unspecified atom stereocenters. The summed E-state index contributed by atoms with van der Waals surface area (Å²) in [7, 11) is -2.50. The van der Waals surface area contributed by atoms with E-state index in [0.717, 1.165) is 6.07 Å². The van der Waals surface area contributed by atoms with Crippen LogP contribution in [-0.4, -0.2) is 20.5 Å². The van der Waals surface area contributed by atoms with Gasteiger partial charge in [0.15, 0.2) is 0 Å². The van der Waals surface area contributed by atoms with Gasteiger partial charge in [0.25, 0.3) is 10.0 Å². The molecule has 0 atom stereocenters. The first kappa shape index (κ1) is 15.0. The Labute approximate surface area is 121 Å². The highest BCUT2D eigenvalue weighted by atomic mass is 32.2. The van der Waals surface area contributed by atoms with E-state index in [1.807, 2.05) is 0 Å². The zero-order valence-electron chi connectivity index (χ0n) is 11.4. The van der Waals surface area contributed by atoms with E-state index in [9.17, 15) is 12.8 Å². The number of anilines is 2. The van der Waals surface area contributed by atoms with E-state index >= 15 is 0 Å². The largest absolute Gasteiger partial charge is 0.481 e. The van der Waals surface area contributed by atoms with Crippen LogP contribution in [0.3, 0.4) is 0 Å². The third-order valence-corrected chi connectivity index (χ3v) is 4.23. The van der Waals surface area contributed by atoms with Crippen molar-refractivity contribution in [1.82, 2.24) is 4.98 Å². The second-order valence-corrected chi connectivity index (χ2v) is 6.00. The number of nitrogens with two attached hydrogens (primary N) is 1. The van der Waals surface area contributed by atoms with E-state index in [4.69, 9.17) is 10.5 Å². The molecule has 6 nitrogen and oxygen atoms in total. The number of hydrogen-bond donors (Lipinski definition) is 2. The molecule has 112 valence electrons. The standard InChI is InChI=1S/C13H14FN3O3S/c1-8-11(14)5-10(6-12(8)15)21(18,19)17-9-3-4-13(20-2)16-7-9/h3-7,17H,15H2,1-2H3. The molecule has 0 radical (unpaired) electrons. The maximum Gasteiger partial charge on any atom is 0.262 e. The van der Waals surface area contributed by atoms with E-state index in [1.165, 1.54) is 38.4 Å². The number of nitrogen functional groups attached to an aromatic ring is 1. The van der Waals surface area contributed by atoms with Crippen LogP contribution in [0.2, 0.25) is 0 Å². The second kappa shape index (κ2) is 5.57. The van der Waals surface area contributed by atoms with Gasteiger partial charge in [-0.05, 0) is 25.1 Å². The van der Waals surface area contributed by atoms with Gasteiger partial charge in [0.2, 0.25) is 5.88 Å². The minimum Gasteiger partial charge on any atom is -0.481 e. The number of nitrogens with zero attached hydrogens (tertiary/aromatic N) is 1. The Morgan fingerprint density at radius 3 is 2.57 bits per heavy atom. The minimum absolute atomic E-state index is 0.0724. The van der Waals surface area contributed by atoms with E-state index in [2.05, 4.69) is 9.71 Å². The van der Waals surface area contributed by atoms with Crippen LogP contribution in [0.25, 0.3) is 0 Å². The van der Waals surface area contributed by atoms with Gasteiger partial charge in [0, 0.05) is 17.3 Å². The number of rotatable bonds is 4. The van der Waals surface area contributed by atoms with Gasteiger partial charge >= 0.3 is 0 Å². The SMILES string of the molecule is COc1ccc(NS(=O)(=O)c2cc(N)c(C)c(F)c2)cn1.